The van der Waals surface area contributed by atoms with Gasteiger partial charge in [0.2, 0.25) is 0 Å². The molecule has 1 atom stereocenters. The second-order valence-corrected chi connectivity index (χ2v) is 8.09. The molecular weight excluding hydrogens is 380 g/mol. The van der Waals surface area contributed by atoms with Crippen LogP contribution in [0.3, 0.4) is 0 Å². The van der Waals surface area contributed by atoms with Crippen molar-refractivity contribution >= 4 is 33.2 Å². The van der Waals surface area contributed by atoms with Gasteiger partial charge >= 0.3 is 0 Å². The monoisotopic (exact) mass is 400 g/mol. The maximum absolute atomic E-state index is 9.05. The van der Waals surface area contributed by atoms with Crippen LogP contribution in [0.1, 0.15) is 35.7 Å². The number of nitrogens with zero attached hydrogens (tertiary/aromatic N) is 4. The first-order valence-corrected chi connectivity index (χ1v) is 10.6. The summed E-state index contributed by atoms with van der Waals surface area (Å²) in [5.74, 6) is 0.646. The average Bonchev–Trinajstić information content (AvgIpc) is 3.49. The third-order valence-electron chi connectivity index (χ3n) is 5.41. The number of rotatable bonds is 5. The highest BCUT2D eigenvalue weighted by molar-refractivity contribution is 7.13. The van der Waals surface area contributed by atoms with Gasteiger partial charge in [0.05, 0.1) is 23.4 Å². The predicted molar refractivity (Wildman–Crippen MR) is 115 cm³/mol. The normalized spacial score (nSPS) is 16.9. The van der Waals surface area contributed by atoms with Gasteiger partial charge in [0.15, 0.2) is 5.13 Å². The highest BCUT2D eigenvalue weighted by atomic mass is 32.1. The fourth-order valence-corrected chi connectivity index (χ4v) is 4.80. The van der Waals surface area contributed by atoms with Crippen LogP contribution in [-0.4, -0.2) is 26.4 Å². The van der Waals surface area contributed by atoms with E-state index in [0.717, 1.165) is 30.3 Å². The van der Waals surface area contributed by atoms with Crippen LogP contribution in [0.4, 0.5) is 10.9 Å². The number of hydrogen-bond donors (Lipinski definition) is 2. The molecule has 1 aliphatic rings. The van der Waals surface area contributed by atoms with Gasteiger partial charge in [0.1, 0.15) is 5.82 Å². The van der Waals surface area contributed by atoms with Crippen LogP contribution in [-0.2, 0) is 6.54 Å². The lowest BCUT2D eigenvalue weighted by molar-refractivity contribution is 0.246. The molecule has 1 aliphatic heterocycles. The van der Waals surface area contributed by atoms with Gasteiger partial charge in [-0.1, -0.05) is 12.1 Å². The van der Waals surface area contributed by atoms with E-state index in [2.05, 4.69) is 55.9 Å². The molecule has 0 radical (unpaired) electrons. The minimum Gasteiger partial charge on any atom is -0.361 e. The van der Waals surface area contributed by atoms with Crippen molar-refractivity contribution in [2.75, 3.05) is 11.9 Å². The topological polar surface area (TPSA) is 80.6 Å². The number of anilines is 2. The fourth-order valence-electron chi connectivity index (χ4n) is 4.03. The molecule has 3 aromatic heterocycles. The molecule has 29 heavy (non-hydrogen) atoms. The van der Waals surface area contributed by atoms with Crippen molar-refractivity contribution in [2.45, 2.75) is 25.4 Å². The molecule has 1 fully saturated rings. The summed E-state index contributed by atoms with van der Waals surface area (Å²) in [6.07, 6.45) is 5.94. The van der Waals surface area contributed by atoms with E-state index in [-0.39, 0.29) is 0 Å². The number of H-pyrrole nitrogens is 1. The second-order valence-electron chi connectivity index (χ2n) is 7.23. The SMILES string of the molecule is N#Cc1ccnc(Nc2nc([C@@H]3CCCN3Cc3cccc4[nH]ccc34)cs2)c1. The van der Waals surface area contributed by atoms with Gasteiger partial charge in [-0.25, -0.2) is 9.97 Å². The first kappa shape index (κ1) is 17.9. The zero-order valence-corrected chi connectivity index (χ0v) is 16.6. The summed E-state index contributed by atoms with van der Waals surface area (Å²) < 4.78 is 0. The van der Waals surface area contributed by atoms with Crippen molar-refractivity contribution in [2.24, 2.45) is 0 Å². The second kappa shape index (κ2) is 7.66. The predicted octanol–water partition coefficient (Wildman–Crippen LogP) is 4.97. The number of aromatic amines is 1. The molecule has 2 N–H and O–H groups in total. The van der Waals surface area contributed by atoms with E-state index in [9.17, 15) is 0 Å². The lowest BCUT2D eigenvalue weighted by Gasteiger charge is -2.23. The Hall–Kier alpha value is -3.21. The van der Waals surface area contributed by atoms with E-state index < -0.39 is 0 Å². The Morgan fingerprint density at radius 2 is 2.28 bits per heavy atom. The number of benzene rings is 1. The summed E-state index contributed by atoms with van der Waals surface area (Å²) in [7, 11) is 0. The Kier molecular flexibility index (Phi) is 4.72. The number of aromatic nitrogens is 3. The minimum atomic E-state index is 0.328. The average molecular weight is 401 g/mol. The first-order chi connectivity index (χ1) is 14.3. The number of thiazole rings is 1. The van der Waals surface area contributed by atoms with Crippen LogP contribution in [0.2, 0.25) is 0 Å². The highest BCUT2D eigenvalue weighted by Crippen LogP contribution is 2.36. The lowest BCUT2D eigenvalue weighted by atomic mass is 10.1. The molecule has 0 bridgehead atoms. The largest absolute Gasteiger partial charge is 0.361 e. The molecule has 4 aromatic rings. The van der Waals surface area contributed by atoms with Crippen LogP contribution in [0.5, 0.6) is 0 Å². The maximum atomic E-state index is 9.05. The smallest absolute Gasteiger partial charge is 0.188 e. The van der Waals surface area contributed by atoms with E-state index in [4.69, 9.17) is 10.2 Å². The lowest BCUT2D eigenvalue weighted by Crippen LogP contribution is -2.23. The number of nitrogens with one attached hydrogen (secondary N) is 2. The molecule has 5 rings (SSSR count). The van der Waals surface area contributed by atoms with Crippen molar-refractivity contribution in [3.05, 3.63) is 71.0 Å². The molecule has 0 unspecified atom stereocenters. The zero-order valence-electron chi connectivity index (χ0n) is 15.8. The van der Waals surface area contributed by atoms with Crippen LogP contribution >= 0.6 is 11.3 Å². The molecule has 0 spiro atoms. The van der Waals surface area contributed by atoms with Gasteiger partial charge in [0.25, 0.3) is 0 Å². The van der Waals surface area contributed by atoms with Gasteiger partial charge in [0, 0.05) is 35.2 Å². The Morgan fingerprint density at radius 1 is 1.31 bits per heavy atom. The third kappa shape index (κ3) is 3.60. The number of nitriles is 1. The molecule has 0 saturated carbocycles. The summed E-state index contributed by atoms with van der Waals surface area (Å²) in [5.41, 5.74) is 4.22. The van der Waals surface area contributed by atoms with Crippen molar-refractivity contribution < 1.29 is 0 Å². The quantitative estimate of drug-likeness (QED) is 0.494. The van der Waals surface area contributed by atoms with Gasteiger partial charge in [-0.05, 0) is 49.2 Å². The van der Waals surface area contributed by atoms with Crippen molar-refractivity contribution in [1.82, 2.24) is 19.9 Å². The first-order valence-electron chi connectivity index (χ1n) is 9.68. The van der Waals surface area contributed by atoms with Crippen molar-refractivity contribution in [3.8, 4) is 6.07 Å². The Balaban J connectivity index is 1.34. The standard InChI is InChI=1S/C22H20N6S/c23-12-15-6-8-25-21(11-15)27-22-26-19(14-29-22)20-5-2-10-28(20)13-16-3-1-4-18-17(16)7-9-24-18/h1,3-4,6-9,11,14,20,24H,2,5,10,13H2,(H,25,26,27)/t20-/m0/s1. The maximum Gasteiger partial charge on any atom is 0.188 e. The number of hydrogen-bond acceptors (Lipinski definition) is 6. The summed E-state index contributed by atoms with van der Waals surface area (Å²) in [6, 6.07) is 14.5. The fraction of sp³-hybridized carbons (Fsp3) is 0.227. The van der Waals surface area contributed by atoms with E-state index in [1.165, 1.54) is 22.9 Å². The van der Waals surface area contributed by atoms with Crippen molar-refractivity contribution in [1.29, 1.82) is 5.26 Å². The Bertz CT molecular complexity index is 1190. The Morgan fingerprint density at radius 3 is 3.21 bits per heavy atom. The van der Waals surface area contributed by atoms with Crippen LogP contribution in [0.15, 0.2) is 54.2 Å². The van der Waals surface area contributed by atoms with Gasteiger partial charge < -0.3 is 10.3 Å². The number of likely N-dealkylation sites (tertiary alicyclic amines) is 1. The molecule has 7 heteroatoms. The molecule has 1 aromatic carbocycles. The van der Waals surface area contributed by atoms with Crippen LogP contribution in [0, 0.1) is 11.3 Å². The molecule has 0 amide bonds. The van der Waals surface area contributed by atoms with E-state index in [1.807, 2.05) is 6.20 Å². The number of pyridine rings is 1. The highest BCUT2D eigenvalue weighted by Gasteiger charge is 2.28. The van der Waals surface area contributed by atoms with E-state index in [0.29, 0.717) is 17.4 Å². The third-order valence-corrected chi connectivity index (χ3v) is 6.19. The number of fused-ring (bicyclic) bond motifs is 1. The van der Waals surface area contributed by atoms with Gasteiger partial charge in [-0.15, -0.1) is 11.3 Å². The molecule has 4 heterocycles. The Labute approximate surface area is 172 Å². The summed E-state index contributed by atoms with van der Waals surface area (Å²) in [6.45, 7) is 2.00. The van der Waals surface area contributed by atoms with E-state index in [1.54, 1.807) is 29.7 Å². The van der Waals surface area contributed by atoms with Gasteiger partial charge in [-0.3, -0.25) is 4.90 Å². The molecular formula is C22H20N6S. The van der Waals surface area contributed by atoms with Crippen LogP contribution in [0.25, 0.3) is 10.9 Å². The molecule has 1 saturated heterocycles. The van der Waals surface area contributed by atoms with Crippen molar-refractivity contribution in [3.63, 3.8) is 0 Å². The van der Waals surface area contributed by atoms with Crippen LogP contribution < -0.4 is 5.32 Å². The van der Waals surface area contributed by atoms with Gasteiger partial charge in [-0.2, -0.15) is 5.26 Å². The molecule has 144 valence electrons. The molecule has 0 aliphatic carbocycles. The zero-order chi connectivity index (χ0) is 19.6. The summed E-state index contributed by atoms with van der Waals surface area (Å²) in [5, 5.41) is 16.5. The summed E-state index contributed by atoms with van der Waals surface area (Å²) in [4.78, 5) is 14.9. The van der Waals surface area contributed by atoms with E-state index >= 15 is 0 Å². The minimum absolute atomic E-state index is 0.328. The summed E-state index contributed by atoms with van der Waals surface area (Å²) >= 11 is 1.58. The molecule has 6 nitrogen and oxygen atoms in total.